The van der Waals surface area contributed by atoms with E-state index >= 15 is 0 Å². The number of carbonyl (C=O) groups excluding carboxylic acids is 2. The predicted molar refractivity (Wildman–Crippen MR) is 78.0 cm³/mol. The summed E-state index contributed by atoms with van der Waals surface area (Å²) in [4.78, 5) is 23.7. The highest BCUT2D eigenvalue weighted by molar-refractivity contribution is 6.43. The van der Waals surface area contributed by atoms with Gasteiger partial charge in [-0.2, -0.15) is 0 Å². The van der Waals surface area contributed by atoms with Crippen LogP contribution in [0.4, 0.5) is 11.5 Å². The summed E-state index contributed by atoms with van der Waals surface area (Å²) in [6.45, 7) is 1.67. The maximum Gasteiger partial charge on any atom is 0.315 e. The van der Waals surface area contributed by atoms with E-state index in [0.717, 1.165) is 0 Å². The molecule has 0 atom stereocenters. The third-order valence-corrected chi connectivity index (χ3v) is 2.73. The van der Waals surface area contributed by atoms with Crippen molar-refractivity contribution in [1.29, 1.82) is 0 Å². The summed E-state index contributed by atoms with van der Waals surface area (Å²) in [6.07, 6.45) is 0. The summed E-state index contributed by atoms with van der Waals surface area (Å²) in [5, 5.41) is 8.34. The molecule has 8 heteroatoms. The number of hydrogen-bond donors (Lipinski definition) is 2. The number of hydrogen-bond acceptors (Lipinski definition) is 6. The summed E-state index contributed by atoms with van der Waals surface area (Å²) in [5.41, 5.74) is 0.347. The van der Waals surface area contributed by atoms with Crippen LogP contribution in [0.2, 0.25) is 0 Å². The van der Waals surface area contributed by atoms with E-state index < -0.39 is 11.8 Å². The molecule has 2 N–H and O–H groups in total. The van der Waals surface area contributed by atoms with Crippen molar-refractivity contribution in [2.45, 2.75) is 6.92 Å². The van der Waals surface area contributed by atoms with Crippen LogP contribution >= 0.6 is 0 Å². The lowest BCUT2D eigenvalue weighted by Crippen LogP contribution is -2.29. The summed E-state index contributed by atoms with van der Waals surface area (Å²) < 4.78 is 15.0. The minimum absolute atomic E-state index is 0.166. The van der Waals surface area contributed by atoms with Crippen molar-refractivity contribution in [2.75, 3.05) is 24.9 Å². The number of rotatable bonds is 4. The number of ether oxygens (including phenoxy) is 2. The Kier molecular flexibility index (Phi) is 4.62. The van der Waals surface area contributed by atoms with E-state index in [-0.39, 0.29) is 5.82 Å². The van der Waals surface area contributed by atoms with Gasteiger partial charge in [0.15, 0.2) is 5.82 Å². The van der Waals surface area contributed by atoms with Crippen molar-refractivity contribution < 1.29 is 23.6 Å². The molecule has 0 spiro atoms. The molecule has 0 aliphatic rings. The number of anilines is 2. The van der Waals surface area contributed by atoms with E-state index in [2.05, 4.69) is 15.8 Å². The van der Waals surface area contributed by atoms with Gasteiger partial charge in [-0.05, 0) is 19.1 Å². The molecule has 8 nitrogen and oxygen atoms in total. The molecule has 0 saturated carbocycles. The SMILES string of the molecule is COc1ccc(NC(=O)C(=O)Nc2cc(C)on2)c(OC)c1. The molecule has 0 aliphatic heterocycles. The van der Waals surface area contributed by atoms with Crippen LogP contribution in [0.25, 0.3) is 0 Å². The van der Waals surface area contributed by atoms with E-state index in [9.17, 15) is 9.59 Å². The van der Waals surface area contributed by atoms with Gasteiger partial charge in [0, 0.05) is 12.1 Å². The molecule has 0 unspecified atom stereocenters. The largest absolute Gasteiger partial charge is 0.497 e. The van der Waals surface area contributed by atoms with Gasteiger partial charge in [-0.1, -0.05) is 5.16 Å². The summed E-state index contributed by atoms with van der Waals surface area (Å²) >= 11 is 0. The Balaban J connectivity index is 2.06. The molecule has 1 aromatic carbocycles. The first-order valence-electron chi connectivity index (χ1n) is 6.31. The van der Waals surface area contributed by atoms with Gasteiger partial charge in [-0.25, -0.2) is 0 Å². The van der Waals surface area contributed by atoms with Gasteiger partial charge < -0.3 is 19.3 Å². The Morgan fingerprint density at radius 3 is 2.41 bits per heavy atom. The predicted octanol–water partition coefficient (Wildman–Crippen LogP) is 1.58. The van der Waals surface area contributed by atoms with Crippen LogP contribution in [0.5, 0.6) is 11.5 Å². The number of methoxy groups -OCH3 is 2. The highest BCUT2D eigenvalue weighted by Crippen LogP contribution is 2.28. The maximum atomic E-state index is 11.9. The zero-order valence-corrected chi connectivity index (χ0v) is 12.3. The van der Waals surface area contributed by atoms with Crippen molar-refractivity contribution in [3.63, 3.8) is 0 Å². The van der Waals surface area contributed by atoms with E-state index in [1.165, 1.54) is 20.3 Å². The minimum atomic E-state index is -0.869. The number of aromatic nitrogens is 1. The van der Waals surface area contributed by atoms with Gasteiger partial charge in [0.05, 0.1) is 19.9 Å². The Morgan fingerprint density at radius 2 is 1.82 bits per heavy atom. The molecular weight excluding hydrogens is 290 g/mol. The Labute approximate surface area is 126 Å². The van der Waals surface area contributed by atoms with Crippen LogP contribution in [-0.2, 0) is 9.59 Å². The molecule has 0 radical (unpaired) electrons. The first kappa shape index (κ1) is 15.4. The topological polar surface area (TPSA) is 103 Å². The second-order valence-corrected chi connectivity index (χ2v) is 4.30. The lowest BCUT2D eigenvalue weighted by atomic mass is 10.2. The third kappa shape index (κ3) is 3.54. The summed E-state index contributed by atoms with van der Waals surface area (Å²) in [6, 6.07) is 6.30. The van der Waals surface area contributed by atoms with Gasteiger partial charge in [0.1, 0.15) is 17.3 Å². The second-order valence-electron chi connectivity index (χ2n) is 4.30. The Bertz CT molecular complexity index is 696. The first-order chi connectivity index (χ1) is 10.5. The molecule has 0 saturated heterocycles. The van der Waals surface area contributed by atoms with E-state index in [1.807, 2.05) is 0 Å². The third-order valence-electron chi connectivity index (χ3n) is 2.73. The molecule has 0 bridgehead atoms. The highest BCUT2D eigenvalue weighted by Gasteiger charge is 2.17. The monoisotopic (exact) mass is 305 g/mol. The minimum Gasteiger partial charge on any atom is -0.497 e. The van der Waals surface area contributed by atoms with Crippen LogP contribution in [-0.4, -0.2) is 31.2 Å². The average Bonchev–Trinajstić information content (AvgIpc) is 2.92. The second kappa shape index (κ2) is 6.61. The molecule has 2 aromatic rings. The van der Waals surface area contributed by atoms with E-state index in [0.29, 0.717) is 22.9 Å². The number of benzene rings is 1. The number of carbonyl (C=O) groups is 2. The van der Waals surface area contributed by atoms with Crippen molar-refractivity contribution in [3.8, 4) is 11.5 Å². The van der Waals surface area contributed by atoms with Crippen molar-refractivity contribution in [1.82, 2.24) is 5.16 Å². The molecule has 0 aliphatic carbocycles. The fraction of sp³-hybridized carbons (Fsp3) is 0.214. The molecular formula is C14H15N3O5. The van der Waals surface area contributed by atoms with Crippen LogP contribution in [0.15, 0.2) is 28.8 Å². The molecule has 2 amide bonds. The molecule has 1 aromatic heterocycles. The first-order valence-corrected chi connectivity index (χ1v) is 6.31. The van der Waals surface area contributed by atoms with Crippen LogP contribution in [0.3, 0.4) is 0 Å². The number of nitrogens with zero attached hydrogens (tertiary/aromatic N) is 1. The van der Waals surface area contributed by atoms with Crippen molar-refractivity contribution in [2.24, 2.45) is 0 Å². The zero-order chi connectivity index (χ0) is 16.1. The van der Waals surface area contributed by atoms with Crippen LogP contribution in [0.1, 0.15) is 5.76 Å². The van der Waals surface area contributed by atoms with Gasteiger partial charge in [-0.3, -0.25) is 14.9 Å². The quantitative estimate of drug-likeness (QED) is 0.831. The van der Waals surface area contributed by atoms with Gasteiger partial charge in [0.25, 0.3) is 0 Å². The van der Waals surface area contributed by atoms with Crippen LogP contribution in [0, 0.1) is 6.92 Å². The van der Waals surface area contributed by atoms with Gasteiger partial charge in [-0.15, -0.1) is 0 Å². The van der Waals surface area contributed by atoms with Crippen LogP contribution < -0.4 is 20.1 Å². The molecule has 116 valence electrons. The van der Waals surface area contributed by atoms with Crippen molar-refractivity contribution in [3.05, 3.63) is 30.0 Å². The molecule has 22 heavy (non-hydrogen) atoms. The number of nitrogens with one attached hydrogen (secondary N) is 2. The average molecular weight is 305 g/mol. The maximum absolute atomic E-state index is 11.9. The van der Waals surface area contributed by atoms with Crippen molar-refractivity contribution >= 4 is 23.3 Å². The Hall–Kier alpha value is -3.03. The van der Waals surface area contributed by atoms with Gasteiger partial charge in [0.2, 0.25) is 0 Å². The Morgan fingerprint density at radius 1 is 1.09 bits per heavy atom. The normalized spacial score (nSPS) is 9.95. The zero-order valence-electron chi connectivity index (χ0n) is 12.3. The summed E-state index contributed by atoms with van der Waals surface area (Å²) in [5.74, 6) is -0.0997. The molecule has 0 fully saturated rings. The molecule has 2 rings (SSSR count). The summed E-state index contributed by atoms with van der Waals surface area (Å²) in [7, 11) is 2.96. The lowest BCUT2D eigenvalue weighted by molar-refractivity contribution is -0.133. The van der Waals surface area contributed by atoms with E-state index in [1.54, 1.807) is 25.1 Å². The lowest BCUT2D eigenvalue weighted by Gasteiger charge is -2.11. The van der Waals surface area contributed by atoms with Gasteiger partial charge >= 0.3 is 11.8 Å². The smallest absolute Gasteiger partial charge is 0.315 e. The van der Waals surface area contributed by atoms with E-state index in [4.69, 9.17) is 14.0 Å². The number of aryl methyl sites for hydroxylation is 1. The molecule has 1 heterocycles. The highest BCUT2D eigenvalue weighted by atomic mass is 16.5. The fourth-order valence-electron chi connectivity index (χ4n) is 1.68. The standard InChI is InChI=1S/C14H15N3O5/c1-8-6-12(17-22-8)16-14(19)13(18)15-10-5-4-9(20-2)7-11(10)21-3/h4-7H,1-3H3,(H,15,18)(H,16,17,19). The number of amides is 2. The fourth-order valence-corrected chi connectivity index (χ4v) is 1.68.